The summed E-state index contributed by atoms with van der Waals surface area (Å²) in [6.07, 6.45) is 1.15. The molecular formula is C11H18O2. The zero-order valence-corrected chi connectivity index (χ0v) is 8.89. The fourth-order valence-corrected chi connectivity index (χ4v) is 2.13. The van der Waals surface area contributed by atoms with Crippen molar-refractivity contribution in [2.45, 2.75) is 40.5 Å². The first-order valence-electron chi connectivity index (χ1n) is 4.88. The van der Waals surface area contributed by atoms with Gasteiger partial charge in [-0.05, 0) is 18.3 Å². The molecule has 2 atom stereocenters. The second-order valence-corrected chi connectivity index (χ2v) is 4.82. The van der Waals surface area contributed by atoms with Gasteiger partial charge in [0.25, 0.3) is 0 Å². The Labute approximate surface area is 79.7 Å². The molecule has 1 saturated carbocycles. The molecule has 2 unspecified atom stereocenters. The predicted molar refractivity (Wildman–Crippen MR) is 51.4 cm³/mol. The van der Waals surface area contributed by atoms with E-state index in [9.17, 15) is 9.59 Å². The molecule has 0 bridgehead atoms. The van der Waals surface area contributed by atoms with E-state index < -0.39 is 0 Å². The largest absolute Gasteiger partial charge is 0.300 e. The average molecular weight is 182 g/mol. The maximum absolute atomic E-state index is 11.5. The van der Waals surface area contributed by atoms with Gasteiger partial charge in [-0.25, -0.2) is 0 Å². The van der Waals surface area contributed by atoms with Gasteiger partial charge in [-0.3, -0.25) is 4.79 Å². The normalized spacial score (nSPS) is 32.2. The van der Waals surface area contributed by atoms with E-state index in [1.807, 2.05) is 6.92 Å². The summed E-state index contributed by atoms with van der Waals surface area (Å²) in [4.78, 5) is 22.5. The van der Waals surface area contributed by atoms with Crippen LogP contribution in [-0.2, 0) is 9.59 Å². The molecular weight excluding hydrogens is 164 g/mol. The third-order valence-electron chi connectivity index (χ3n) is 3.63. The Morgan fingerprint density at radius 2 is 2.08 bits per heavy atom. The Morgan fingerprint density at radius 3 is 2.38 bits per heavy atom. The highest BCUT2D eigenvalue weighted by Crippen LogP contribution is 2.46. The van der Waals surface area contributed by atoms with Crippen molar-refractivity contribution >= 4 is 11.6 Å². The van der Waals surface area contributed by atoms with Crippen LogP contribution in [0.1, 0.15) is 40.5 Å². The summed E-state index contributed by atoms with van der Waals surface area (Å²) in [5.74, 6) is 0.876. The average Bonchev–Trinajstić information content (AvgIpc) is 2.15. The molecule has 0 amide bonds. The molecule has 0 radical (unpaired) electrons. The number of ketones is 2. The van der Waals surface area contributed by atoms with E-state index in [2.05, 4.69) is 13.8 Å². The van der Waals surface area contributed by atoms with Crippen LogP contribution in [0, 0.1) is 17.3 Å². The lowest BCUT2D eigenvalue weighted by molar-refractivity contribution is -0.121. The van der Waals surface area contributed by atoms with Crippen LogP contribution in [-0.4, -0.2) is 11.6 Å². The van der Waals surface area contributed by atoms with Crippen LogP contribution in [0.5, 0.6) is 0 Å². The number of hydrogen-bond acceptors (Lipinski definition) is 2. The number of Topliss-reactive ketones (excluding diaryl/α,β-unsaturated/α-hetero) is 2. The summed E-state index contributed by atoms with van der Waals surface area (Å²) in [6.45, 7) is 7.76. The molecule has 74 valence electrons. The van der Waals surface area contributed by atoms with Gasteiger partial charge in [0, 0.05) is 18.8 Å². The summed E-state index contributed by atoms with van der Waals surface area (Å²) in [7, 11) is 0. The molecule has 0 aliphatic heterocycles. The van der Waals surface area contributed by atoms with Crippen LogP contribution in [0.3, 0.4) is 0 Å². The highest BCUT2D eigenvalue weighted by Gasteiger charge is 2.45. The summed E-state index contributed by atoms with van der Waals surface area (Å²) in [5, 5.41) is 0. The fraction of sp³-hybridized carbons (Fsp3) is 0.818. The molecule has 0 aromatic heterocycles. The van der Waals surface area contributed by atoms with Crippen LogP contribution < -0.4 is 0 Å². The Kier molecular flexibility index (Phi) is 2.60. The highest BCUT2D eigenvalue weighted by atomic mass is 16.1. The van der Waals surface area contributed by atoms with E-state index in [1.54, 1.807) is 6.92 Å². The summed E-state index contributed by atoms with van der Waals surface area (Å²) in [5.41, 5.74) is 0.00273. The molecule has 0 aromatic carbocycles. The lowest BCUT2D eigenvalue weighted by Crippen LogP contribution is -2.25. The van der Waals surface area contributed by atoms with Crippen LogP contribution in [0.4, 0.5) is 0 Å². The first kappa shape index (κ1) is 10.4. The maximum Gasteiger partial charge on any atom is 0.136 e. The van der Waals surface area contributed by atoms with E-state index in [-0.39, 0.29) is 23.0 Å². The monoisotopic (exact) mass is 182 g/mol. The molecule has 13 heavy (non-hydrogen) atoms. The van der Waals surface area contributed by atoms with Crippen molar-refractivity contribution in [3.8, 4) is 0 Å². The highest BCUT2D eigenvalue weighted by molar-refractivity contribution is 5.85. The van der Waals surface area contributed by atoms with Crippen molar-refractivity contribution in [2.75, 3.05) is 0 Å². The van der Waals surface area contributed by atoms with Gasteiger partial charge in [-0.1, -0.05) is 20.8 Å². The fourth-order valence-electron chi connectivity index (χ4n) is 2.13. The molecule has 0 N–H and O–H groups in total. The van der Waals surface area contributed by atoms with Crippen molar-refractivity contribution in [3.63, 3.8) is 0 Å². The lowest BCUT2D eigenvalue weighted by Gasteiger charge is -2.29. The number of rotatable bonds is 2. The Balaban J connectivity index is 2.78. The minimum Gasteiger partial charge on any atom is -0.300 e. The zero-order valence-electron chi connectivity index (χ0n) is 8.89. The number of carbonyl (C=O) groups is 2. The van der Waals surface area contributed by atoms with Crippen LogP contribution in [0.2, 0.25) is 0 Å². The van der Waals surface area contributed by atoms with Gasteiger partial charge < -0.3 is 4.79 Å². The maximum atomic E-state index is 11.5. The minimum absolute atomic E-state index is 0.00273. The summed E-state index contributed by atoms with van der Waals surface area (Å²) >= 11 is 0. The molecule has 0 saturated heterocycles. The van der Waals surface area contributed by atoms with Gasteiger partial charge in [0.15, 0.2) is 0 Å². The molecule has 0 heterocycles. The number of hydrogen-bond donors (Lipinski definition) is 0. The standard InChI is InChI=1S/C11H18O2/c1-7(12)5-9-6-10(13)8(2)11(9,3)4/h8-9H,5-6H2,1-4H3. The van der Waals surface area contributed by atoms with Gasteiger partial charge >= 0.3 is 0 Å². The second kappa shape index (κ2) is 3.24. The Hall–Kier alpha value is -0.660. The Morgan fingerprint density at radius 1 is 1.54 bits per heavy atom. The Bertz CT molecular complexity index is 238. The smallest absolute Gasteiger partial charge is 0.136 e. The quantitative estimate of drug-likeness (QED) is 0.656. The summed E-state index contributed by atoms with van der Waals surface area (Å²) < 4.78 is 0. The SMILES string of the molecule is CC(=O)CC1CC(=O)C(C)C1(C)C. The first-order valence-corrected chi connectivity index (χ1v) is 4.88. The molecule has 0 spiro atoms. The second-order valence-electron chi connectivity index (χ2n) is 4.82. The van der Waals surface area contributed by atoms with Gasteiger partial charge in [0.05, 0.1) is 0 Å². The predicted octanol–water partition coefficient (Wildman–Crippen LogP) is 2.22. The lowest BCUT2D eigenvalue weighted by atomic mass is 9.74. The molecule has 1 fully saturated rings. The number of carbonyl (C=O) groups excluding carboxylic acids is 2. The van der Waals surface area contributed by atoms with Crippen molar-refractivity contribution < 1.29 is 9.59 Å². The molecule has 2 nitrogen and oxygen atoms in total. The molecule has 1 aliphatic carbocycles. The van der Waals surface area contributed by atoms with Crippen molar-refractivity contribution in [1.29, 1.82) is 0 Å². The zero-order chi connectivity index (χ0) is 10.2. The van der Waals surface area contributed by atoms with E-state index in [0.717, 1.165) is 0 Å². The van der Waals surface area contributed by atoms with Crippen LogP contribution in [0.25, 0.3) is 0 Å². The van der Waals surface area contributed by atoms with Gasteiger partial charge in [-0.2, -0.15) is 0 Å². The third kappa shape index (κ3) is 1.82. The van der Waals surface area contributed by atoms with E-state index in [1.165, 1.54) is 0 Å². The topological polar surface area (TPSA) is 34.1 Å². The molecule has 1 rings (SSSR count). The van der Waals surface area contributed by atoms with Crippen molar-refractivity contribution in [1.82, 2.24) is 0 Å². The van der Waals surface area contributed by atoms with Crippen LogP contribution in [0.15, 0.2) is 0 Å². The van der Waals surface area contributed by atoms with Gasteiger partial charge in [-0.15, -0.1) is 0 Å². The van der Waals surface area contributed by atoms with Crippen molar-refractivity contribution in [2.24, 2.45) is 17.3 Å². The third-order valence-corrected chi connectivity index (χ3v) is 3.63. The van der Waals surface area contributed by atoms with E-state index >= 15 is 0 Å². The summed E-state index contributed by atoms with van der Waals surface area (Å²) in [6, 6.07) is 0. The first-order chi connectivity index (χ1) is 5.85. The minimum atomic E-state index is 0.00273. The molecule has 2 heteroatoms. The van der Waals surface area contributed by atoms with Gasteiger partial charge in [0.2, 0.25) is 0 Å². The van der Waals surface area contributed by atoms with Gasteiger partial charge in [0.1, 0.15) is 11.6 Å². The van der Waals surface area contributed by atoms with E-state index in [0.29, 0.717) is 18.6 Å². The van der Waals surface area contributed by atoms with Crippen LogP contribution >= 0.6 is 0 Å². The van der Waals surface area contributed by atoms with Crippen molar-refractivity contribution in [3.05, 3.63) is 0 Å². The van der Waals surface area contributed by atoms with E-state index in [4.69, 9.17) is 0 Å². The molecule has 0 aromatic rings. The molecule has 1 aliphatic rings.